The van der Waals surface area contributed by atoms with E-state index in [9.17, 15) is 4.39 Å². The quantitative estimate of drug-likeness (QED) is 0.693. The molecule has 15 heavy (non-hydrogen) atoms. The monoisotopic (exact) mass is 212 g/mol. The van der Waals surface area contributed by atoms with Crippen molar-refractivity contribution in [1.82, 2.24) is 10.3 Å². The Kier molecular flexibility index (Phi) is 5.88. The van der Waals surface area contributed by atoms with E-state index in [0.717, 1.165) is 31.5 Å². The summed E-state index contributed by atoms with van der Waals surface area (Å²) >= 11 is 0. The van der Waals surface area contributed by atoms with Crippen LogP contribution < -0.4 is 5.32 Å². The van der Waals surface area contributed by atoms with E-state index in [-0.39, 0.29) is 5.82 Å². The number of aryl methyl sites for hydroxylation is 1. The fourth-order valence-corrected chi connectivity index (χ4v) is 1.31. The van der Waals surface area contributed by atoms with Crippen LogP contribution in [0.5, 0.6) is 0 Å². The minimum Gasteiger partial charge on any atom is -0.383 e. The molecule has 0 aliphatic rings. The molecule has 0 aliphatic heterocycles. The van der Waals surface area contributed by atoms with Crippen molar-refractivity contribution in [2.45, 2.75) is 12.8 Å². The smallest absolute Gasteiger partial charge is 0.144 e. The lowest BCUT2D eigenvalue weighted by atomic mass is 10.1. The van der Waals surface area contributed by atoms with Gasteiger partial charge in [0.2, 0.25) is 0 Å². The van der Waals surface area contributed by atoms with Gasteiger partial charge in [-0.15, -0.1) is 0 Å². The van der Waals surface area contributed by atoms with Crippen LogP contribution in [0, 0.1) is 5.82 Å². The molecule has 84 valence electrons. The van der Waals surface area contributed by atoms with Gasteiger partial charge in [0, 0.05) is 19.9 Å². The van der Waals surface area contributed by atoms with Crippen molar-refractivity contribution in [1.29, 1.82) is 0 Å². The molecule has 0 saturated heterocycles. The number of rotatable bonds is 7. The molecule has 0 unspecified atom stereocenters. The molecule has 1 N–H and O–H groups in total. The molecule has 0 radical (unpaired) electrons. The molecule has 0 aliphatic carbocycles. The van der Waals surface area contributed by atoms with Gasteiger partial charge in [-0.2, -0.15) is 0 Å². The van der Waals surface area contributed by atoms with Crippen molar-refractivity contribution >= 4 is 0 Å². The number of hydrogen-bond acceptors (Lipinski definition) is 3. The van der Waals surface area contributed by atoms with Crippen LogP contribution in [0.2, 0.25) is 0 Å². The Labute approximate surface area is 89.7 Å². The van der Waals surface area contributed by atoms with Crippen molar-refractivity contribution < 1.29 is 9.13 Å². The van der Waals surface area contributed by atoms with E-state index in [1.54, 1.807) is 19.4 Å². The van der Waals surface area contributed by atoms with Gasteiger partial charge in [-0.3, -0.25) is 4.98 Å². The third kappa shape index (κ3) is 4.85. The van der Waals surface area contributed by atoms with E-state index < -0.39 is 0 Å². The highest BCUT2D eigenvalue weighted by Crippen LogP contribution is 2.06. The zero-order chi connectivity index (χ0) is 10.9. The lowest BCUT2D eigenvalue weighted by Gasteiger charge is -2.04. The highest BCUT2D eigenvalue weighted by Gasteiger charge is 1.99. The Morgan fingerprint density at radius 2 is 2.33 bits per heavy atom. The summed E-state index contributed by atoms with van der Waals surface area (Å²) in [4.78, 5) is 3.71. The van der Waals surface area contributed by atoms with Crippen molar-refractivity contribution in [3.05, 3.63) is 29.8 Å². The van der Waals surface area contributed by atoms with Gasteiger partial charge >= 0.3 is 0 Å². The van der Waals surface area contributed by atoms with Crippen molar-refractivity contribution in [3.8, 4) is 0 Å². The average Bonchev–Trinajstić information content (AvgIpc) is 2.25. The largest absolute Gasteiger partial charge is 0.383 e. The molecule has 0 fully saturated rings. The van der Waals surface area contributed by atoms with Gasteiger partial charge in [0.15, 0.2) is 0 Å². The number of aromatic nitrogens is 1. The Bertz CT molecular complexity index is 281. The SMILES string of the molecule is COCCNCCCc1ccncc1F. The normalized spacial score (nSPS) is 10.5. The van der Waals surface area contributed by atoms with Gasteiger partial charge in [-0.25, -0.2) is 4.39 Å². The Hall–Kier alpha value is -1.00. The van der Waals surface area contributed by atoms with E-state index in [1.807, 2.05) is 0 Å². The van der Waals surface area contributed by atoms with Gasteiger partial charge < -0.3 is 10.1 Å². The number of methoxy groups -OCH3 is 1. The molecular weight excluding hydrogens is 195 g/mol. The predicted molar refractivity (Wildman–Crippen MR) is 57.3 cm³/mol. The van der Waals surface area contributed by atoms with Crippen LogP contribution in [-0.4, -0.2) is 31.8 Å². The number of nitrogens with zero attached hydrogens (tertiary/aromatic N) is 1. The fourth-order valence-electron chi connectivity index (χ4n) is 1.31. The first-order valence-corrected chi connectivity index (χ1v) is 5.12. The summed E-state index contributed by atoms with van der Waals surface area (Å²) in [6.07, 6.45) is 4.55. The van der Waals surface area contributed by atoms with Crippen LogP contribution in [0.1, 0.15) is 12.0 Å². The van der Waals surface area contributed by atoms with Gasteiger partial charge in [0.05, 0.1) is 12.8 Å². The summed E-state index contributed by atoms with van der Waals surface area (Å²) in [6.45, 7) is 2.43. The topological polar surface area (TPSA) is 34.1 Å². The fraction of sp³-hybridized carbons (Fsp3) is 0.545. The van der Waals surface area contributed by atoms with Crippen LogP contribution in [0.3, 0.4) is 0 Å². The van der Waals surface area contributed by atoms with Crippen LogP contribution in [0.25, 0.3) is 0 Å². The maximum absolute atomic E-state index is 13.1. The second-order valence-corrected chi connectivity index (χ2v) is 3.31. The van der Waals surface area contributed by atoms with Crippen molar-refractivity contribution in [2.75, 3.05) is 26.8 Å². The van der Waals surface area contributed by atoms with Crippen molar-refractivity contribution in [2.24, 2.45) is 0 Å². The summed E-state index contributed by atoms with van der Waals surface area (Å²) in [5.41, 5.74) is 0.735. The first-order chi connectivity index (χ1) is 7.34. The molecule has 0 bridgehead atoms. The first kappa shape index (κ1) is 12.1. The molecule has 1 heterocycles. The lowest BCUT2D eigenvalue weighted by molar-refractivity contribution is 0.199. The third-order valence-electron chi connectivity index (χ3n) is 2.14. The standard InChI is InChI=1S/C11H17FN2O/c1-15-8-7-13-5-2-3-10-4-6-14-9-11(10)12/h4,6,9,13H,2-3,5,7-8H2,1H3. The van der Waals surface area contributed by atoms with E-state index in [0.29, 0.717) is 6.61 Å². The summed E-state index contributed by atoms with van der Waals surface area (Å²) in [5.74, 6) is -0.214. The van der Waals surface area contributed by atoms with Gasteiger partial charge in [-0.05, 0) is 31.0 Å². The molecule has 1 aromatic heterocycles. The third-order valence-corrected chi connectivity index (χ3v) is 2.14. The van der Waals surface area contributed by atoms with Gasteiger partial charge in [0.1, 0.15) is 5.82 Å². The van der Waals surface area contributed by atoms with Crippen LogP contribution in [-0.2, 0) is 11.2 Å². The zero-order valence-electron chi connectivity index (χ0n) is 9.00. The second-order valence-electron chi connectivity index (χ2n) is 3.31. The van der Waals surface area contributed by atoms with Crippen molar-refractivity contribution in [3.63, 3.8) is 0 Å². The molecule has 3 nitrogen and oxygen atoms in total. The highest BCUT2D eigenvalue weighted by atomic mass is 19.1. The Morgan fingerprint density at radius 3 is 3.07 bits per heavy atom. The number of halogens is 1. The molecule has 0 amide bonds. The Morgan fingerprint density at radius 1 is 1.47 bits per heavy atom. The molecule has 1 aromatic rings. The molecule has 1 rings (SSSR count). The van der Waals surface area contributed by atoms with E-state index in [1.165, 1.54) is 6.20 Å². The zero-order valence-corrected chi connectivity index (χ0v) is 9.00. The number of ether oxygens (including phenoxy) is 1. The van der Waals surface area contributed by atoms with Crippen LogP contribution in [0.15, 0.2) is 18.5 Å². The number of hydrogen-bond donors (Lipinski definition) is 1. The predicted octanol–water partition coefficient (Wildman–Crippen LogP) is 1.39. The van der Waals surface area contributed by atoms with Gasteiger partial charge in [0.25, 0.3) is 0 Å². The number of nitrogens with one attached hydrogen (secondary N) is 1. The summed E-state index contributed by atoms with van der Waals surface area (Å²) < 4.78 is 18.0. The molecule has 0 saturated carbocycles. The number of pyridine rings is 1. The van der Waals surface area contributed by atoms with Crippen LogP contribution in [0.4, 0.5) is 4.39 Å². The first-order valence-electron chi connectivity index (χ1n) is 5.12. The maximum atomic E-state index is 13.1. The molecule has 0 spiro atoms. The van der Waals surface area contributed by atoms with Gasteiger partial charge in [-0.1, -0.05) is 0 Å². The molecule has 4 heteroatoms. The summed E-state index contributed by atoms with van der Waals surface area (Å²) in [6, 6.07) is 1.73. The minimum absolute atomic E-state index is 0.214. The molecule has 0 aromatic carbocycles. The Balaban J connectivity index is 2.12. The lowest BCUT2D eigenvalue weighted by Crippen LogP contribution is -2.20. The highest BCUT2D eigenvalue weighted by molar-refractivity contribution is 5.12. The van der Waals surface area contributed by atoms with E-state index in [2.05, 4.69) is 10.3 Å². The van der Waals surface area contributed by atoms with Crippen LogP contribution >= 0.6 is 0 Å². The molecule has 0 atom stereocenters. The summed E-state index contributed by atoms with van der Waals surface area (Å²) in [5, 5.41) is 3.21. The minimum atomic E-state index is -0.214. The van der Waals surface area contributed by atoms with E-state index in [4.69, 9.17) is 4.74 Å². The van der Waals surface area contributed by atoms with E-state index >= 15 is 0 Å². The second kappa shape index (κ2) is 7.31. The average molecular weight is 212 g/mol. The molecular formula is C11H17FN2O. The maximum Gasteiger partial charge on any atom is 0.144 e. The summed E-state index contributed by atoms with van der Waals surface area (Å²) in [7, 11) is 1.67.